The summed E-state index contributed by atoms with van der Waals surface area (Å²) in [5, 5.41) is 9.43. The summed E-state index contributed by atoms with van der Waals surface area (Å²) in [6.07, 6.45) is 4.76. The van der Waals surface area contributed by atoms with Gasteiger partial charge in [0.15, 0.2) is 0 Å². The number of anilines is 1. The molecule has 98 valence electrons. The van der Waals surface area contributed by atoms with Crippen molar-refractivity contribution in [3.63, 3.8) is 0 Å². The molecule has 2 atom stereocenters. The fourth-order valence-corrected chi connectivity index (χ4v) is 2.23. The van der Waals surface area contributed by atoms with Gasteiger partial charge in [0, 0.05) is 6.20 Å². The molecule has 1 aromatic rings. The molecule has 3 N–H and O–H groups in total. The molecule has 18 heavy (non-hydrogen) atoms. The summed E-state index contributed by atoms with van der Waals surface area (Å²) in [6.45, 7) is 3.56. The number of hydrogen-bond acceptors (Lipinski definition) is 5. The van der Waals surface area contributed by atoms with Crippen LogP contribution in [0.1, 0.15) is 25.5 Å². The van der Waals surface area contributed by atoms with E-state index in [-0.39, 0.29) is 12.4 Å². The number of nitrogens with zero attached hydrogens (tertiary/aromatic N) is 2. The lowest BCUT2D eigenvalue weighted by Crippen LogP contribution is -2.34. The van der Waals surface area contributed by atoms with Crippen LogP contribution in [0.25, 0.3) is 0 Å². The van der Waals surface area contributed by atoms with E-state index >= 15 is 0 Å². The summed E-state index contributed by atoms with van der Waals surface area (Å²) in [5.41, 5.74) is 4.37. The second-order valence-electron chi connectivity index (χ2n) is 4.49. The molecule has 2 unspecified atom stereocenters. The minimum absolute atomic E-state index is 0.0906. The molecule has 1 fully saturated rings. The smallest absolute Gasteiger partial charge is 0.351 e. The molecule has 0 bridgehead atoms. The highest BCUT2D eigenvalue weighted by Gasteiger charge is 2.39. The molecule has 6 heteroatoms. The average Bonchev–Trinajstić information content (AvgIpc) is 2.74. The van der Waals surface area contributed by atoms with Crippen molar-refractivity contribution in [3.05, 3.63) is 35.4 Å². The molecule has 0 aliphatic carbocycles. The van der Waals surface area contributed by atoms with E-state index in [1.54, 1.807) is 18.3 Å². The topological polar surface area (TPSA) is 90.4 Å². The Hall–Kier alpha value is -1.66. The van der Waals surface area contributed by atoms with Gasteiger partial charge < -0.3 is 15.6 Å². The zero-order valence-electron chi connectivity index (χ0n) is 10.1. The first-order valence-electron chi connectivity index (χ1n) is 5.84. The fraction of sp³-hybridized carbons (Fsp3) is 0.500. The predicted molar refractivity (Wildman–Crippen MR) is 66.9 cm³/mol. The van der Waals surface area contributed by atoms with Crippen molar-refractivity contribution < 1.29 is 9.84 Å². The molecule has 0 aromatic carbocycles. The van der Waals surface area contributed by atoms with Gasteiger partial charge >= 0.3 is 5.69 Å². The molecule has 2 heterocycles. The summed E-state index contributed by atoms with van der Waals surface area (Å²) in [6, 6.07) is 1.55. The van der Waals surface area contributed by atoms with Gasteiger partial charge in [-0.15, -0.1) is 6.58 Å². The Morgan fingerprint density at radius 3 is 3.17 bits per heavy atom. The van der Waals surface area contributed by atoms with Gasteiger partial charge in [0.2, 0.25) is 0 Å². The van der Waals surface area contributed by atoms with Gasteiger partial charge in [-0.05, 0) is 25.3 Å². The molecule has 0 spiro atoms. The van der Waals surface area contributed by atoms with E-state index in [1.165, 1.54) is 4.57 Å². The van der Waals surface area contributed by atoms with E-state index in [2.05, 4.69) is 11.6 Å². The molecule has 2 rings (SSSR count). The highest BCUT2D eigenvalue weighted by Crippen LogP contribution is 2.37. The number of aliphatic hydroxyl groups is 1. The van der Waals surface area contributed by atoms with Crippen molar-refractivity contribution in [2.75, 3.05) is 12.3 Å². The van der Waals surface area contributed by atoms with Crippen LogP contribution in [0.4, 0.5) is 5.82 Å². The summed E-state index contributed by atoms with van der Waals surface area (Å²) < 4.78 is 7.21. The molecule has 1 saturated heterocycles. The fourth-order valence-electron chi connectivity index (χ4n) is 2.23. The molecule has 0 saturated carbocycles. The van der Waals surface area contributed by atoms with Crippen LogP contribution in [0.15, 0.2) is 29.7 Å². The Morgan fingerprint density at radius 2 is 2.56 bits per heavy atom. The number of aromatic nitrogens is 2. The zero-order chi connectivity index (χ0) is 13.2. The normalized spacial score (nSPS) is 27.3. The van der Waals surface area contributed by atoms with Crippen LogP contribution in [0.3, 0.4) is 0 Å². The van der Waals surface area contributed by atoms with E-state index < -0.39 is 17.5 Å². The van der Waals surface area contributed by atoms with Gasteiger partial charge in [-0.1, -0.05) is 6.08 Å². The van der Waals surface area contributed by atoms with Crippen molar-refractivity contribution >= 4 is 5.82 Å². The van der Waals surface area contributed by atoms with Crippen molar-refractivity contribution in [3.8, 4) is 0 Å². The lowest BCUT2D eigenvalue weighted by atomic mass is 9.97. The van der Waals surface area contributed by atoms with E-state index in [1.807, 2.05) is 0 Å². The van der Waals surface area contributed by atoms with Gasteiger partial charge in [-0.2, -0.15) is 4.98 Å². The third kappa shape index (κ3) is 2.30. The maximum atomic E-state index is 11.7. The minimum Gasteiger partial charge on any atom is -0.393 e. The number of rotatable bonds is 4. The van der Waals surface area contributed by atoms with E-state index in [0.29, 0.717) is 19.3 Å². The number of nitrogen functional groups attached to an aromatic ring is 1. The highest BCUT2D eigenvalue weighted by molar-refractivity contribution is 5.23. The van der Waals surface area contributed by atoms with Crippen LogP contribution in [-0.2, 0) is 4.74 Å². The summed E-state index contributed by atoms with van der Waals surface area (Å²) in [4.78, 5) is 15.4. The van der Waals surface area contributed by atoms with Crippen LogP contribution in [-0.4, -0.2) is 26.9 Å². The summed E-state index contributed by atoms with van der Waals surface area (Å²) >= 11 is 0. The second-order valence-corrected chi connectivity index (χ2v) is 4.49. The third-order valence-corrected chi connectivity index (χ3v) is 3.20. The Labute approximate surface area is 105 Å². The highest BCUT2D eigenvalue weighted by atomic mass is 16.5. The third-order valence-electron chi connectivity index (χ3n) is 3.20. The van der Waals surface area contributed by atoms with Crippen LogP contribution < -0.4 is 11.4 Å². The molecule has 1 aliphatic rings. The molecular weight excluding hydrogens is 234 g/mol. The first-order valence-corrected chi connectivity index (χ1v) is 5.84. The lowest BCUT2D eigenvalue weighted by Gasteiger charge is -2.26. The van der Waals surface area contributed by atoms with E-state index in [4.69, 9.17) is 10.5 Å². The number of ether oxygens (including phenoxy) is 1. The number of nitrogens with two attached hydrogens (primary N) is 1. The first kappa shape index (κ1) is 12.8. The van der Waals surface area contributed by atoms with Gasteiger partial charge in [0.05, 0.1) is 12.2 Å². The SMILES string of the molecule is C=CCC1(CO)CCC(n2ccc(N)nc2=O)O1. The van der Waals surface area contributed by atoms with Crippen molar-refractivity contribution in [2.45, 2.75) is 31.1 Å². The minimum atomic E-state index is -0.632. The van der Waals surface area contributed by atoms with Crippen LogP contribution in [0.2, 0.25) is 0 Å². The van der Waals surface area contributed by atoms with Crippen molar-refractivity contribution in [2.24, 2.45) is 0 Å². The van der Waals surface area contributed by atoms with Gasteiger partial charge in [-0.25, -0.2) is 4.79 Å². The van der Waals surface area contributed by atoms with E-state index in [9.17, 15) is 9.90 Å². The van der Waals surface area contributed by atoms with Gasteiger partial charge in [0.1, 0.15) is 12.0 Å². The molecule has 1 aliphatic heterocycles. The van der Waals surface area contributed by atoms with E-state index in [0.717, 1.165) is 0 Å². The van der Waals surface area contributed by atoms with Crippen molar-refractivity contribution in [1.82, 2.24) is 9.55 Å². The Balaban J connectivity index is 2.22. The molecule has 0 radical (unpaired) electrons. The molecule has 0 amide bonds. The Morgan fingerprint density at radius 1 is 1.78 bits per heavy atom. The van der Waals surface area contributed by atoms with Crippen molar-refractivity contribution in [1.29, 1.82) is 0 Å². The average molecular weight is 251 g/mol. The number of aliphatic hydroxyl groups excluding tert-OH is 1. The summed E-state index contributed by atoms with van der Waals surface area (Å²) in [5.74, 6) is 0.189. The quantitative estimate of drug-likeness (QED) is 0.758. The predicted octanol–water partition coefficient (Wildman–Crippen LogP) is 0.442. The summed E-state index contributed by atoms with van der Waals surface area (Å²) in [7, 11) is 0. The maximum absolute atomic E-state index is 11.7. The number of hydrogen-bond donors (Lipinski definition) is 2. The van der Waals surface area contributed by atoms with Crippen LogP contribution >= 0.6 is 0 Å². The van der Waals surface area contributed by atoms with Crippen LogP contribution in [0, 0.1) is 0 Å². The first-order chi connectivity index (χ1) is 8.60. The molecular formula is C12H17N3O3. The molecule has 6 nitrogen and oxygen atoms in total. The molecule has 1 aromatic heterocycles. The largest absolute Gasteiger partial charge is 0.393 e. The monoisotopic (exact) mass is 251 g/mol. The van der Waals surface area contributed by atoms with Gasteiger partial charge in [-0.3, -0.25) is 4.57 Å². The standard InChI is InChI=1S/C12H17N3O3/c1-2-5-12(8-16)6-3-10(18-12)15-7-4-9(13)14-11(15)17/h2,4,7,10,16H,1,3,5-6,8H2,(H2,13,14,17). The zero-order valence-corrected chi connectivity index (χ0v) is 10.1. The second kappa shape index (κ2) is 4.91. The van der Waals surface area contributed by atoms with Gasteiger partial charge in [0.25, 0.3) is 0 Å². The van der Waals surface area contributed by atoms with Crippen LogP contribution in [0.5, 0.6) is 0 Å². The maximum Gasteiger partial charge on any atom is 0.351 e. The lowest BCUT2D eigenvalue weighted by molar-refractivity contribution is -0.0972. The Bertz CT molecular complexity index is 500. The Kier molecular flexibility index (Phi) is 3.49.